The fourth-order valence-corrected chi connectivity index (χ4v) is 9.12. The summed E-state index contributed by atoms with van der Waals surface area (Å²) >= 11 is 21.5. The van der Waals surface area contributed by atoms with E-state index in [0.717, 1.165) is 63.3 Å². The van der Waals surface area contributed by atoms with Crippen molar-refractivity contribution in [3.8, 4) is 15.6 Å². The molecule has 0 spiro atoms. The van der Waals surface area contributed by atoms with Crippen molar-refractivity contribution >= 4 is 80.8 Å². The summed E-state index contributed by atoms with van der Waals surface area (Å²) in [5, 5.41) is 19.9. The van der Waals surface area contributed by atoms with Crippen LogP contribution in [0, 0.1) is 26.7 Å². The van der Waals surface area contributed by atoms with Crippen molar-refractivity contribution in [1.29, 1.82) is 0 Å². The highest BCUT2D eigenvalue weighted by Crippen LogP contribution is 2.40. The summed E-state index contributed by atoms with van der Waals surface area (Å²) in [6.07, 6.45) is 0.881. The number of halogens is 3. The molecule has 7 rings (SSSR count). The van der Waals surface area contributed by atoms with Gasteiger partial charge in [0.2, 0.25) is 11.8 Å². The number of thiophene rings is 1. The van der Waals surface area contributed by atoms with Crippen molar-refractivity contribution in [3.63, 3.8) is 0 Å². The Morgan fingerprint density at radius 3 is 2.50 bits per heavy atom. The fourth-order valence-electron chi connectivity index (χ4n) is 6.73. The number of benzene rings is 2. The zero-order valence-electron chi connectivity index (χ0n) is 31.1. The normalized spacial score (nSPS) is 16.6. The predicted octanol–water partition coefficient (Wildman–Crippen LogP) is 7.73. The molecule has 2 N–H and O–H groups in total. The smallest absolute Gasteiger partial charge is 0.230 e. The van der Waals surface area contributed by atoms with E-state index in [9.17, 15) is 9.59 Å². The van der Waals surface area contributed by atoms with E-state index in [0.29, 0.717) is 66.2 Å². The van der Waals surface area contributed by atoms with Gasteiger partial charge in [0.25, 0.3) is 0 Å². The van der Waals surface area contributed by atoms with Crippen molar-refractivity contribution in [1.82, 2.24) is 30.0 Å². The molecule has 1 saturated heterocycles. The van der Waals surface area contributed by atoms with Crippen molar-refractivity contribution in [3.05, 3.63) is 96.1 Å². The van der Waals surface area contributed by atoms with Gasteiger partial charge < -0.3 is 25.0 Å². The van der Waals surface area contributed by atoms with Gasteiger partial charge in [0.05, 0.1) is 54.5 Å². The second-order valence-electron chi connectivity index (χ2n) is 13.6. The maximum absolute atomic E-state index is 13.2. The first-order chi connectivity index (χ1) is 27.0. The van der Waals surface area contributed by atoms with Gasteiger partial charge in [0.15, 0.2) is 5.82 Å². The molecule has 0 bridgehead atoms. The Morgan fingerprint density at radius 2 is 1.71 bits per heavy atom. The molecule has 2 aliphatic rings. The fraction of sp³-hybridized carbons (Fsp3) is 0.385. The molecule has 5 aromatic rings. The maximum atomic E-state index is 13.2. The van der Waals surface area contributed by atoms with Crippen LogP contribution < -0.4 is 10.6 Å². The third-order valence-corrected chi connectivity index (χ3v) is 12.9. The van der Waals surface area contributed by atoms with Gasteiger partial charge in [-0.15, -0.1) is 32.9 Å². The Kier molecular flexibility index (Phi) is 13.2. The summed E-state index contributed by atoms with van der Waals surface area (Å²) in [6.45, 7) is 10.4. The number of carbonyl (C=O) groups is 2. The number of nitrogens with zero attached hydrogens (tertiary/aromatic N) is 6. The first kappa shape index (κ1) is 40.5. The molecule has 2 aromatic carbocycles. The average Bonchev–Trinajstić information content (AvgIpc) is 3.97. The number of hydrogen-bond donors (Lipinski definition) is 2. The molecule has 0 saturated carbocycles. The average molecular weight is 856 g/mol. The quantitative estimate of drug-likeness (QED) is 0.102. The first-order valence-electron chi connectivity index (χ1n) is 18.3. The van der Waals surface area contributed by atoms with E-state index in [-0.39, 0.29) is 24.2 Å². The lowest BCUT2D eigenvalue weighted by Crippen LogP contribution is -2.30. The molecule has 294 valence electrons. The van der Waals surface area contributed by atoms with Crippen LogP contribution in [0.1, 0.15) is 52.1 Å². The minimum atomic E-state index is -0.539. The summed E-state index contributed by atoms with van der Waals surface area (Å²) < 4.78 is 13.6. The van der Waals surface area contributed by atoms with Gasteiger partial charge in [0.1, 0.15) is 27.7 Å². The Labute approximate surface area is 348 Å². The Balaban J connectivity index is 0.811. The Bertz CT molecular complexity index is 2240. The van der Waals surface area contributed by atoms with E-state index >= 15 is 0 Å². The van der Waals surface area contributed by atoms with Gasteiger partial charge in [0, 0.05) is 51.6 Å². The molecule has 12 nitrogen and oxygen atoms in total. The number of likely N-dealkylation sites (tertiary alicyclic amines) is 1. The molecule has 0 aliphatic carbocycles. The summed E-state index contributed by atoms with van der Waals surface area (Å²) in [4.78, 5) is 39.3. The lowest BCUT2D eigenvalue weighted by atomic mass is 9.99. The molecule has 1 fully saturated rings. The lowest BCUT2D eigenvalue weighted by Gasteiger charge is -2.16. The van der Waals surface area contributed by atoms with Crippen LogP contribution >= 0.6 is 57.5 Å². The third-order valence-electron chi connectivity index (χ3n) is 9.79. The van der Waals surface area contributed by atoms with Gasteiger partial charge in [-0.3, -0.25) is 19.1 Å². The number of aryl methyl sites for hydroxylation is 2. The highest BCUT2D eigenvalue weighted by Gasteiger charge is 2.33. The number of anilines is 1. The summed E-state index contributed by atoms with van der Waals surface area (Å²) in [5.74, 6) is 1.60. The van der Waals surface area contributed by atoms with Crippen molar-refractivity contribution in [2.24, 2.45) is 10.9 Å². The van der Waals surface area contributed by atoms with Crippen LogP contribution in [0.5, 0.6) is 0 Å². The molecule has 2 atom stereocenters. The van der Waals surface area contributed by atoms with E-state index in [1.54, 1.807) is 23.5 Å². The standard InChI is InChI=1S/C39H41Cl3N8O4S2/c1-22-23(2)56-39-34(22)35(25-4-7-28(40)8-5-25)44-31(36-48-47-24(3)50(36)39)19-33(51)43-11-14-53-16-17-54-15-13-49-12-10-27(20-49)37(52)45-32-21-55-38(46-32)26-6-9-29(41)30(42)18-26/h4-9,18,21,27,31H,10-17,19-20H2,1-3H3,(H,43,51)(H,45,52)/t27-,31-/m0/s1. The Hall–Kier alpha value is -3.73. The second kappa shape index (κ2) is 18.2. The number of nitrogens with one attached hydrogen (secondary N) is 2. The number of fused-ring (bicyclic) bond motifs is 3. The van der Waals surface area contributed by atoms with Gasteiger partial charge in [-0.1, -0.05) is 53.0 Å². The van der Waals surface area contributed by atoms with Crippen LogP contribution in [0.25, 0.3) is 15.6 Å². The molecular weight excluding hydrogens is 815 g/mol. The summed E-state index contributed by atoms with van der Waals surface area (Å²) in [7, 11) is 0. The molecule has 0 unspecified atom stereocenters. The van der Waals surface area contributed by atoms with Gasteiger partial charge >= 0.3 is 0 Å². The van der Waals surface area contributed by atoms with Crippen LogP contribution in [0.4, 0.5) is 5.82 Å². The molecule has 3 aromatic heterocycles. The van der Waals surface area contributed by atoms with E-state index < -0.39 is 6.04 Å². The van der Waals surface area contributed by atoms with Crippen LogP contribution in [0.3, 0.4) is 0 Å². The molecule has 2 aliphatic heterocycles. The topological polar surface area (TPSA) is 136 Å². The van der Waals surface area contributed by atoms with Gasteiger partial charge in [-0.25, -0.2) is 4.98 Å². The minimum Gasteiger partial charge on any atom is -0.378 e. The zero-order chi connectivity index (χ0) is 39.3. The predicted molar refractivity (Wildman–Crippen MR) is 223 cm³/mol. The van der Waals surface area contributed by atoms with Crippen LogP contribution in [-0.2, 0) is 19.1 Å². The molecule has 17 heteroatoms. The second-order valence-corrected chi connectivity index (χ2v) is 16.9. The SMILES string of the molecule is Cc1sc2c(c1C)C(c1ccc(Cl)cc1)=N[C@@H](CC(=O)NCCOCCOCCN1CC[C@H](C(=O)Nc3csc(-c4ccc(Cl)c(Cl)c4)n3)C1)c1nnc(C)n1-2. The van der Waals surface area contributed by atoms with E-state index in [1.165, 1.54) is 16.2 Å². The lowest BCUT2D eigenvalue weighted by molar-refractivity contribution is -0.122. The van der Waals surface area contributed by atoms with Gasteiger partial charge in [-0.2, -0.15) is 0 Å². The number of aromatic nitrogens is 4. The molecule has 0 radical (unpaired) electrons. The van der Waals surface area contributed by atoms with E-state index in [2.05, 4.69) is 44.6 Å². The summed E-state index contributed by atoms with van der Waals surface area (Å²) in [6, 6.07) is 12.4. The van der Waals surface area contributed by atoms with Crippen LogP contribution in [0.15, 0.2) is 52.8 Å². The number of rotatable bonds is 15. The summed E-state index contributed by atoms with van der Waals surface area (Å²) in [5.41, 5.74) is 4.74. The number of hydrogen-bond acceptors (Lipinski definition) is 11. The molecular formula is C39H41Cl3N8O4S2. The number of aliphatic imine (C=N–C) groups is 1. The van der Waals surface area contributed by atoms with Gasteiger partial charge in [-0.05, 0) is 63.6 Å². The van der Waals surface area contributed by atoms with Crippen molar-refractivity contribution in [2.75, 3.05) is 57.9 Å². The third kappa shape index (κ3) is 9.35. The molecule has 5 heterocycles. The minimum absolute atomic E-state index is 0.0371. The number of thiazole rings is 1. The number of ether oxygens (including phenoxy) is 2. The highest BCUT2D eigenvalue weighted by molar-refractivity contribution is 7.15. The van der Waals surface area contributed by atoms with Crippen molar-refractivity contribution < 1.29 is 19.1 Å². The van der Waals surface area contributed by atoms with Crippen LogP contribution in [0.2, 0.25) is 15.1 Å². The largest absolute Gasteiger partial charge is 0.378 e. The van der Waals surface area contributed by atoms with Crippen molar-refractivity contribution in [2.45, 2.75) is 39.7 Å². The highest BCUT2D eigenvalue weighted by atomic mass is 35.5. The molecule has 2 amide bonds. The van der Waals surface area contributed by atoms with E-state index in [4.69, 9.17) is 49.3 Å². The molecule has 56 heavy (non-hydrogen) atoms. The first-order valence-corrected chi connectivity index (χ1v) is 21.1. The number of carbonyl (C=O) groups excluding carboxylic acids is 2. The zero-order valence-corrected chi connectivity index (χ0v) is 35.0. The Morgan fingerprint density at radius 1 is 0.946 bits per heavy atom. The monoisotopic (exact) mass is 854 g/mol. The number of amides is 2. The van der Waals surface area contributed by atoms with Crippen LogP contribution in [-0.4, -0.2) is 94.8 Å². The van der Waals surface area contributed by atoms with E-state index in [1.807, 2.05) is 47.2 Å². The maximum Gasteiger partial charge on any atom is 0.230 e.